The second-order valence-corrected chi connectivity index (χ2v) is 9.02. The Morgan fingerprint density at radius 1 is 1.06 bits per heavy atom. The van der Waals surface area contributed by atoms with E-state index < -0.39 is 26.8 Å². The molecule has 0 bridgehead atoms. The van der Waals surface area contributed by atoms with Crippen LogP contribution in [-0.2, 0) is 32.4 Å². The number of nitrogens with zero attached hydrogens (tertiary/aromatic N) is 1. The fraction of sp³-hybridized carbons (Fsp3) is 0.435. The third-order valence-corrected chi connectivity index (χ3v) is 6.08. The van der Waals surface area contributed by atoms with Crippen molar-refractivity contribution in [2.75, 3.05) is 20.3 Å². The first-order chi connectivity index (χ1) is 15.6. The number of amides is 1. The number of carbonyl (C=O) groups is 1. The number of rotatable bonds is 12. The summed E-state index contributed by atoms with van der Waals surface area (Å²) in [5.74, 6) is -0.0987. The predicted octanol–water partition coefficient (Wildman–Crippen LogP) is 5.03. The van der Waals surface area contributed by atoms with Crippen molar-refractivity contribution >= 4 is 16.0 Å². The number of hydrogen-bond acceptors (Lipinski definition) is 5. The van der Waals surface area contributed by atoms with Gasteiger partial charge in [0.25, 0.3) is 0 Å². The minimum atomic E-state index is -4.68. The first-order valence-electron chi connectivity index (χ1n) is 10.5. The molecule has 2 aromatic carbocycles. The first-order valence-corrected chi connectivity index (χ1v) is 11.9. The van der Waals surface area contributed by atoms with E-state index in [4.69, 9.17) is 8.92 Å². The van der Waals surface area contributed by atoms with Crippen molar-refractivity contribution in [3.05, 3.63) is 59.7 Å². The molecule has 1 amide bonds. The Bertz CT molecular complexity index is 1020. The minimum absolute atomic E-state index is 0.0385. The molecule has 0 aromatic heterocycles. The normalized spacial score (nSPS) is 11.9. The summed E-state index contributed by atoms with van der Waals surface area (Å²) >= 11 is 0. The quantitative estimate of drug-likeness (QED) is 0.310. The molecule has 10 heteroatoms. The molecule has 0 heterocycles. The fourth-order valence-corrected chi connectivity index (χ4v) is 4.07. The third-order valence-electron chi connectivity index (χ3n) is 4.84. The van der Waals surface area contributed by atoms with Gasteiger partial charge in [0.15, 0.2) is 0 Å². The molecule has 0 fully saturated rings. The molecular weight excluding hydrogens is 459 g/mol. The zero-order valence-electron chi connectivity index (χ0n) is 18.6. The highest BCUT2D eigenvalue weighted by atomic mass is 32.2. The summed E-state index contributed by atoms with van der Waals surface area (Å²) in [5, 5.41) is 0. The highest BCUT2D eigenvalue weighted by Gasteiger charge is 2.32. The number of benzene rings is 2. The predicted molar refractivity (Wildman–Crippen MR) is 117 cm³/mol. The van der Waals surface area contributed by atoms with E-state index in [1.807, 2.05) is 6.92 Å². The van der Waals surface area contributed by atoms with Crippen molar-refractivity contribution in [3.8, 4) is 5.75 Å². The van der Waals surface area contributed by atoms with Crippen LogP contribution in [0.25, 0.3) is 0 Å². The Kier molecular flexibility index (Phi) is 9.72. The van der Waals surface area contributed by atoms with Gasteiger partial charge in [-0.05, 0) is 42.3 Å². The Labute approximate surface area is 192 Å². The van der Waals surface area contributed by atoms with Gasteiger partial charge in [0.1, 0.15) is 10.6 Å². The van der Waals surface area contributed by atoms with Gasteiger partial charge in [-0.2, -0.15) is 21.6 Å². The summed E-state index contributed by atoms with van der Waals surface area (Å²) in [7, 11) is -2.95. The number of halogens is 3. The maximum absolute atomic E-state index is 12.9. The highest BCUT2D eigenvalue weighted by Crippen LogP contribution is 2.31. The van der Waals surface area contributed by atoms with E-state index in [0.29, 0.717) is 31.2 Å². The number of hydrogen-bond donors (Lipinski definition) is 0. The van der Waals surface area contributed by atoms with Gasteiger partial charge in [-0.3, -0.25) is 4.79 Å². The van der Waals surface area contributed by atoms with Crippen molar-refractivity contribution in [1.82, 2.24) is 4.90 Å². The maximum Gasteiger partial charge on any atom is 0.416 e. The smallest absolute Gasteiger partial charge is 0.383 e. The van der Waals surface area contributed by atoms with Crippen molar-refractivity contribution in [2.45, 2.75) is 50.2 Å². The lowest BCUT2D eigenvalue weighted by atomic mass is 10.1. The van der Waals surface area contributed by atoms with Crippen molar-refractivity contribution in [1.29, 1.82) is 0 Å². The standard InChI is InChI=1S/C23H28F3NO5S/c1-3-4-5-12-22(28)27(13-14-31-2)17-18-8-6-10-20(15-18)32-33(29,30)21-11-7-9-19(16-21)23(24,25)26/h6-11,15-16H,3-5,12-14,17H2,1-2H3. The van der Waals surface area contributed by atoms with E-state index in [1.54, 1.807) is 17.0 Å². The second-order valence-electron chi connectivity index (χ2n) is 7.48. The number of unbranched alkanes of at least 4 members (excludes halogenated alkanes) is 2. The maximum atomic E-state index is 12.9. The minimum Gasteiger partial charge on any atom is -0.383 e. The Balaban J connectivity index is 2.18. The topological polar surface area (TPSA) is 72.9 Å². The van der Waals surface area contributed by atoms with Crippen molar-refractivity contribution in [3.63, 3.8) is 0 Å². The molecule has 0 atom stereocenters. The van der Waals surface area contributed by atoms with Crippen LogP contribution in [0.2, 0.25) is 0 Å². The molecule has 0 aliphatic heterocycles. The Morgan fingerprint density at radius 2 is 1.79 bits per heavy atom. The van der Waals surface area contributed by atoms with E-state index in [1.165, 1.54) is 19.2 Å². The fourth-order valence-electron chi connectivity index (χ4n) is 3.10. The average Bonchev–Trinajstić information content (AvgIpc) is 2.76. The summed E-state index contributed by atoms with van der Waals surface area (Å²) in [6.45, 7) is 2.98. The number of carbonyl (C=O) groups excluding carboxylic acids is 1. The van der Waals surface area contributed by atoms with Crippen LogP contribution in [0.1, 0.15) is 43.7 Å². The highest BCUT2D eigenvalue weighted by molar-refractivity contribution is 7.87. The van der Waals surface area contributed by atoms with Crippen LogP contribution in [0, 0.1) is 0 Å². The summed E-state index contributed by atoms with van der Waals surface area (Å²) in [6.07, 6.45) is -1.57. The van der Waals surface area contributed by atoms with Gasteiger partial charge in [0.2, 0.25) is 5.91 Å². The molecule has 0 N–H and O–H groups in total. The van der Waals surface area contributed by atoms with E-state index in [9.17, 15) is 26.4 Å². The summed E-state index contributed by atoms with van der Waals surface area (Å²) in [4.78, 5) is 13.6. The van der Waals surface area contributed by atoms with Gasteiger partial charge in [0, 0.05) is 26.6 Å². The van der Waals surface area contributed by atoms with Crippen LogP contribution in [-0.4, -0.2) is 39.5 Å². The lowest BCUT2D eigenvalue weighted by Crippen LogP contribution is -2.33. The zero-order valence-corrected chi connectivity index (χ0v) is 19.4. The van der Waals surface area contributed by atoms with E-state index in [2.05, 4.69) is 0 Å². The molecule has 182 valence electrons. The third kappa shape index (κ3) is 8.36. The number of ether oxygens (including phenoxy) is 1. The zero-order chi connectivity index (χ0) is 24.5. The van der Waals surface area contributed by atoms with Crippen LogP contribution in [0.4, 0.5) is 13.2 Å². The van der Waals surface area contributed by atoms with Crippen LogP contribution in [0.15, 0.2) is 53.4 Å². The van der Waals surface area contributed by atoms with E-state index in [0.717, 1.165) is 37.5 Å². The molecule has 2 aromatic rings. The lowest BCUT2D eigenvalue weighted by molar-refractivity contribution is -0.137. The molecule has 0 saturated heterocycles. The second kappa shape index (κ2) is 12.0. The van der Waals surface area contributed by atoms with Crippen LogP contribution < -0.4 is 4.18 Å². The molecule has 0 unspecified atom stereocenters. The van der Waals surface area contributed by atoms with Gasteiger partial charge in [0.05, 0.1) is 12.2 Å². The molecule has 0 aliphatic rings. The molecule has 33 heavy (non-hydrogen) atoms. The van der Waals surface area contributed by atoms with Gasteiger partial charge >= 0.3 is 16.3 Å². The summed E-state index contributed by atoms with van der Waals surface area (Å²) < 4.78 is 74.0. The summed E-state index contributed by atoms with van der Waals surface area (Å²) in [5.41, 5.74) is -0.469. The lowest BCUT2D eigenvalue weighted by Gasteiger charge is -2.23. The molecule has 0 aliphatic carbocycles. The van der Waals surface area contributed by atoms with Gasteiger partial charge in [-0.1, -0.05) is 38.0 Å². The van der Waals surface area contributed by atoms with E-state index >= 15 is 0 Å². The number of methoxy groups -OCH3 is 1. The largest absolute Gasteiger partial charge is 0.416 e. The summed E-state index contributed by atoms with van der Waals surface area (Å²) in [6, 6.07) is 9.46. The van der Waals surface area contributed by atoms with Crippen LogP contribution >= 0.6 is 0 Å². The first kappa shape index (κ1) is 26.7. The van der Waals surface area contributed by atoms with Gasteiger partial charge < -0.3 is 13.8 Å². The Morgan fingerprint density at radius 3 is 2.45 bits per heavy atom. The molecule has 0 radical (unpaired) electrons. The van der Waals surface area contributed by atoms with Crippen LogP contribution in [0.5, 0.6) is 5.75 Å². The van der Waals surface area contributed by atoms with Gasteiger partial charge in [-0.25, -0.2) is 0 Å². The van der Waals surface area contributed by atoms with Gasteiger partial charge in [-0.15, -0.1) is 0 Å². The van der Waals surface area contributed by atoms with E-state index in [-0.39, 0.29) is 18.2 Å². The molecule has 0 spiro atoms. The van der Waals surface area contributed by atoms with Crippen molar-refractivity contribution < 1.29 is 35.3 Å². The van der Waals surface area contributed by atoms with Crippen LogP contribution in [0.3, 0.4) is 0 Å². The number of alkyl halides is 3. The molecule has 0 saturated carbocycles. The molecular formula is C23H28F3NO5S. The molecule has 6 nitrogen and oxygen atoms in total. The Hall–Kier alpha value is -2.59. The average molecular weight is 488 g/mol. The van der Waals surface area contributed by atoms with Crippen molar-refractivity contribution in [2.24, 2.45) is 0 Å². The SMILES string of the molecule is CCCCCC(=O)N(CCOC)Cc1cccc(OS(=O)(=O)c2cccc(C(F)(F)F)c2)c1. The monoisotopic (exact) mass is 487 g/mol. The molecule has 2 rings (SSSR count).